The summed E-state index contributed by atoms with van der Waals surface area (Å²) >= 11 is 0. The Morgan fingerprint density at radius 1 is 1.38 bits per heavy atom. The van der Waals surface area contributed by atoms with E-state index in [1.165, 1.54) is 0 Å². The van der Waals surface area contributed by atoms with Gasteiger partial charge in [-0.15, -0.1) is 0 Å². The average molecular weight is 188 g/mol. The van der Waals surface area contributed by atoms with E-state index in [2.05, 4.69) is 0 Å². The molecule has 0 aromatic heterocycles. The van der Waals surface area contributed by atoms with Crippen molar-refractivity contribution in [3.05, 3.63) is 0 Å². The van der Waals surface area contributed by atoms with Gasteiger partial charge in [0.15, 0.2) is 0 Å². The first-order chi connectivity index (χ1) is 6.03. The zero-order valence-electron chi connectivity index (χ0n) is 8.40. The van der Waals surface area contributed by atoms with Crippen LogP contribution in [0.5, 0.6) is 0 Å². The Bertz CT molecular complexity index is 172. The highest BCUT2D eigenvalue weighted by atomic mass is 16.3. The fourth-order valence-corrected chi connectivity index (χ4v) is 2.34. The van der Waals surface area contributed by atoms with Crippen LogP contribution < -0.4 is 0 Å². The summed E-state index contributed by atoms with van der Waals surface area (Å²) in [5, 5.41) is 28.0. The molecule has 0 aromatic carbocycles. The molecule has 3 N–H and O–H groups in total. The van der Waals surface area contributed by atoms with Crippen LogP contribution in [-0.2, 0) is 0 Å². The van der Waals surface area contributed by atoms with E-state index in [0.717, 1.165) is 6.42 Å². The Labute approximate surface area is 79.4 Å². The van der Waals surface area contributed by atoms with Crippen LogP contribution >= 0.6 is 0 Å². The van der Waals surface area contributed by atoms with Crippen molar-refractivity contribution in [3.63, 3.8) is 0 Å². The Balaban J connectivity index is 2.72. The third-order valence-electron chi connectivity index (χ3n) is 3.54. The molecule has 78 valence electrons. The lowest BCUT2D eigenvalue weighted by Crippen LogP contribution is -2.44. The number of rotatable bonds is 2. The standard InChI is InChI=1S/C10H20O3/c1-7-4-10(2,6-12)8(5-11)3-9(7)13/h7-9,11-13H,3-6H2,1-2H3/t7-,8?,9+,10-/m0/s1. The van der Waals surface area contributed by atoms with E-state index in [-0.39, 0.29) is 36.6 Å². The van der Waals surface area contributed by atoms with Gasteiger partial charge in [0.2, 0.25) is 0 Å². The Kier molecular flexibility index (Phi) is 3.33. The van der Waals surface area contributed by atoms with Gasteiger partial charge in [-0.25, -0.2) is 0 Å². The molecular weight excluding hydrogens is 168 g/mol. The minimum atomic E-state index is -0.322. The van der Waals surface area contributed by atoms with Crippen LogP contribution in [0.3, 0.4) is 0 Å². The van der Waals surface area contributed by atoms with Gasteiger partial charge < -0.3 is 15.3 Å². The Morgan fingerprint density at radius 3 is 2.46 bits per heavy atom. The first-order valence-corrected chi connectivity index (χ1v) is 4.93. The van der Waals surface area contributed by atoms with E-state index in [1.807, 2.05) is 13.8 Å². The molecule has 1 aliphatic carbocycles. The maximum Gasteiger partial charge on any atom is 0.0569 e. The molecule has 1 aliphatic rings. The fraction of sp³-hybridized carbons (Fsp3) is 1.00. The van der Waals surface area contributed by atoms with Crippen molar-refractivity contribution in [3.8, 4) is 0 Å². The number of hydrogen-bond donors (Lipinski definition) is 3. The highest BCUT2D eigenvalue weighted by Crippen LogP contribution is 2.42. The molecule has 4 atom stereocenters. The summed E-state index contributed by atoms with van der Waals surface area (Å²) in [5.74, 6) is 0.253. The zero-order chi connectivity index (χ0) is 10.1. The summed E-state index contributed by atoms with van der Waals surface area (Å²) in [6.45, 7) is 4.12. The molecule has 0 aromatic rings. The molecule has 3 nitrogen and oxygen atoms in total. The molecule has 0 spiro atoms. The summed E-state index contributed by atoms with van der Waals surface area (Å²) in [6, 6.07) is 0. The van der Waals surface area contributed by atoms with E-state index in [4.69, 9.17) is 5.11 Å². The average Bonchev–Trinajstić information content (AvgIpc) is 2.11. The predicted octanol–water partition coefficient (Wildman–Crippen LogP) is 0.384. The molecule has 0 saturated heterocycles. The predicted molar refractivity (Wildman–Crippen MR) is 50.2 cm³/mol. The third kappa shape index (κ3) is 2.03. The van der Waals surface area contributed by atoms with Gasteiger partial charge in [-0.1, -0.05) is 13.8 Å². The van der Waals surface area contributed by atoms with Crippen LogP contribution in [0.1, 0.15) is 26.7 Å². The van der Waals surface area contributed by atoms with Gasteiger partial charge in [0.05, 0.1) is 6.10 Å². The van der Waals surface area contributed by atoms with Crippen LogP contribution in [0.15, 0.2) is 0 Å². The van der Waals surface area contributed by atoms with Crippen molar-refractivity contribution in [2.45, 2.75) is 32.8 Å². The SMILES string of the molecule is C[C@H]1C[C@@](C)(CO)C(CO)C[C@H]1O. The van der Waals surface area contributed by atoms with Crippen molar-refractivity contribution in [1.82, 2.24) is 0 Å². The molecule has 0 heterocycles. The highest BCUT2D eigenvalue weighted by molar-refractivity contribution is 4.91. The normalized spacial score (nSPS) is 46.4. The van der Waals surface area contributed by atoms with E-state index in [9.17, 15) is 10.2 Å². The molecule has 0 bridgehead atoms. The van der Waals surface area contributed by atoms with Crippen LogP contribution in [0.2, 0.25) is 0 Å². The molecule has 0 amide bonds. The van der Waals surface area contributed by atoms with Crippen LogP contribution in [0, 0.1) is 17.3 Å². The Hall–Kier alpha value is -0.120. The Morgan fingerprint density at radius 2 is 2.00 bits per heavy atom. The summed E-state index contributed by atoms with van der Waals surface area (Å²) in [5.41, 5.74) is -0.215. The largest absolute Gasteiger partial charge is 0.396 e. The number of hydrogen-bond acceptors (Lipinski definition) is 3. The maximum atomic E-state index is 9.61. The van der Waals surface area contributed by atoms with Crippen molar-refractivity contribution < 1.29 is 15.3 Å². The van der Waals surface area contributed by atoms with Crippen molar-refractivity contribution in [2.75, 3.05) is 13.2 Å². The van der Waals surface area contributed by atoms with Crippen LogP contribution in [0.25, 0.3) is 0 Å². The van der Waals surface area contributed by atoms with Gasteiger partial charge in [-0.2, -0.15) is 0 Å². The number of aliphatic hydroxyl groups excluding tert-OH is 3. The van der Waals surface area contributed by atoms with E-state index in [1.54, 1.807) is 0 Å². The molecule has 13 heavy (non-hydrogen) atoms. The third-order valence-corrected chi connectivity index (χ3v) is 3.54. The van der Waals surface area contributed by atoms with E-state index < -0.39 is 0 Å². The first kappa shape index (κ1) is 11.0. The van der Waals surface area contributed by atoms with Crippen LogP contribution in [-0.4, -0.2) is 34.6 Å². The van der Waals surface area contributed by atoms with Gasteiger partial charge in [0.1, 0.15) is 0 Å². The molecule has 1 fully saturated rings. The minimum Gasteiger partial charge on any atom is -0.396 e. The highest BCUT2D eigenvalue weighted by Gasteiger charge is 2.41. The first-order valence-electron chi connectivity index (χ1n) is 4.93. The second kappa shape index (κ2) is 3.95. The van der Waals surface area contributed by atoms with Gasteiger partial charge in [-0.05, 0) is 30.1 Å². The van der Waals surface area contributed by atoms with Crippen molar-refractivity contribution in [1.29, 1.82) is 0 Å². The topological polar surface area (TPSA) is 60.7 Å². The molecule has 0 aliphatic heterocycles. The second-order valence-electron chi connectivity index (χ2n) is 4.68. The lowest BCUT2D eigenvalue weighted by atomic mass is 9.64. The monoisotopic (exact) mass is 188 g/mol. The van der Waals surface area contributed by atoms with Crippen molar-refractivity contribution in [2.24, 2.45) is 17.3 Å². The van der Waals surface area contributed by atoms with E-state index >= 15 is 0 Å². The molecule has 3 heteroatoms. The molecular formula is C10H20O3. The zero-order valence-corrected chi connectivity index (χ0v) is 8.40. The summed E-state index contributed by atoms with van der Waals surface area (Å²) in [7, 11) is 0. The fourth-order valence-electron chi connectivity index (χ4n) is 2.34. The lowest BCUT2D eigenvalue weighted by molar-refractivity contribution is -0.0650. The second-order valence-corrected chi connectivity index (χ2v) is 4.68. The maximum absolute atomic E-state index is 9.61. The molecule has 1 unspecified atom stereocenters. The number of aliphatic hydroxyl groups is 3. The molecule has 0 radical (unpaired) electrons. The van der Waals surface area contributed by atoms with Gasteiger partial charge in [0, 0.05) is 13.2 Å². The summed E-state index contributed by atoms with van der Waals surface area (Å²) in [6.07, 6.45) is 1.07. The minimum absolute atomic E-state index is 0.0312. The summed E-state index contributed by atoms with van der Waals surface area (Å²) in [4.78, 5) is 0. The van der Waals surface area contributed by atoms with Gasteiger partial charge >= 0.3 is 0 Å². The lowest BCUT2D eigenvalue weighted by Gasteiger charge is -2.44. The molecule has 1 rings (SSSR count). The molecule has 1 saturated carbocycles. The smallest absolute Gasteiger partial charge is 0.0569 e. The quantitative estimate of drug-likeness (QED) is 0.587. The van der Waals surface area contributed by atoms with Crippen LogP contribution in [0.4, 0.5) is 0 Å². The summed E-state index contributed by atoms with van der Waals surface area (Å²) < 4.78 is 0. The van der Waals surface area contributed by atoms with E-state index in [0.29, 0.717) is 6.42 Å². The van der Waals surface area contributed by atoms with Crippen molar-refractivity contribution >= 4 is 0 Å². The van der Waals surface area contributed by atoms with Gasteiger partial charge in [0.25, 0.3) is 0 Å². The van der Waals surface area contributed by atoms with Gasteiger partial charge in [-0.3, -0.25) is 0 Å².